The number of rotatable bonds is 7. The molecule has 2 nitrogen and oxygen atoms in total. The average Bonchev–Trinajstić information content (AvgIpc) is 2.82. The van der Waals surface area contributed by atoms with Gasteiger partial charge in [-0.25, -0.2) is 0 Å². The molecule has 0 amide bonds. The maximum Gasteiger partial charge on any atom is 0.0677 e. The zero-order valence-corrected chi connectivity index (χ0v) is 14.6. The summed E-state index contributed by atoms with van der Waals surface area (Å²) in [7, 11) is 0. The molecule has 21 heavy (non-hydrogen) atoms. The van der Waals surface area contributed by atoms with Crippen LogP contribution in [-0.2, 0) is 4.74 Å². The van der Waals surface area contributed by atoms with Crippen molar-refractivity contribution < 1.29 is 4.74 Å². The first-order valence-electron chi connectivity index (χ1n) is 8.14. The van der Waals surface area contributed by atoms with Gasteiger partial charge in [-0.3, -0.25) is 0 Å². The van der Waals surface area contributed by atoms with Crippen molar-refractivity contribution in [2.45, 2.75) is 69.6 Å². The van der Waals surface area contributed by atoms with Gasteiger partial charge >= 0.3 is 0 Å². The Hall–Kier alpha value is -0.510. The number of hydrogen-bond donors (Lipinski definition) is 1. The van der Waals surface area contributed by atoms with Gasteiger partial charge in [0.1, 0.15) is 0 Å². The Kier molecular flexibility index (Phi) is 6.15. The molecule has 1 saturated heterocycles. The molecular weight excluding hydrogens is 278 g/mol. The predicted octanol–water partition coefficient (Wildman–Crippen LogP) is 4.80. The fraction of sp³-hybridized carbons (Fsp3) is 0.667. The van der Waals surface area contributed by atoms with Gasteiger partial charge in [-0.2, -0.15) is 0 Å². The summed E-state index contributed by atoms with van der Waals surface area (Å²) in [6.45, 7) is 9.89. The number of hydrogen-bond acceptors (Lipinski definition) is 3. The van der Waals surface area contributed by atoms with Gasteiger partial charge in [0.2, 0.25) is 0 Å². The van der Waals surface area contributed by atoms with Crippen molar-refractivity contribution in [3.05, 3.63) is 29.8 Å². The van der Waals surface area contributed by atoms with Crippen LogP contribution in [0, 0.1) is 0 Å². The lowest BCUT2D eigenvalue weighted by atomic mass is 10.1. The number of ether oxygens (including phenoxy) is 1. The van der Waals surface area contributed by atoms with Gasteiger partial charge in [0, 0.05) is 16.7 Å². The molecule has 1 aromatic rings. The molecule has 3 heteroatoms. The molecule has 1 aliphatic heterocycles. The quantitative estimate of drug-likeness (QED) is 0.731. The fourth-order valence-corrected chi connectivity index (χ4v) is 3.66. The zero-order chi connectivity index (χ0) is 15.3. The Balaban J connectivity index is 1.80. The molecule has 118 valence electrons. The first-order chi connectivity index (χ1) is 10.00. The molecule has 0 spiro atoms. The number of thioether (sulfide) groups is 1. The van der Waals surface area contributed by atoms with Crippen molar-refractivity contribution >= 4 is 11.8 Å². The molecule has 2 atom stereocenters. The molecule has 0 saturated carbocycles. The van der Waals surface area contributed by atoms with Crippen LogP contribution in [0.1, 0.15) is 58.6 Å². The smallest absolute Gasteiger partial charge is 0.0677 e. The SMILES string of the molecule is CCCNC(C)c1ccc(SCC2CCC(C)(C)O2)cc1. The average molecular weight is 308 g/mol. The topological polar surface area (TPSA) is 21.3 Å². The van der Waals surface area contributed by atoms with E-state index in [9.17, 15) is 0 Å². The van der Waals surface area contributed by atoms with Gasteiger partial charge in [-0.05, 0) is 64.3 Å². The Morgan fingerprint density at radius 1 is 1.33 bits per heavy atom. The van der Waals surface area contributed by atoms with E-state index in [1.54, 1.807) is 0 Å². The lowest BCUT2D eigenvalue weighted by molar-refractivity contribution is -0.00466. The highest BCUT2D eigenvalue weighted by Gasteiger charge is 2.31. The zero-order valence-electron chi connectivity index (χ0n) is 13.8. The van der Waals surface area contributed by atoms with Crippen LogP contribution in [0.2, 0.25) is 0 Å². The highest BCUT2D eigenvalue weighted by molar-refractivity contribution is 7.99. The summed E-state index contributed by atoms with van der Waals surface area (Å²) in [6.07, 6.45) is 3.96. The second kappa shape index (κ2) is 7.66. The monoisotopic (exact) mass is 307 g/mol. The van der Waals surface area contributed by atoms with Crippen LogP contribution in [0.15, 0.2) is 29.2 Å². The van der Waals surface area contributed by atoms with Gasteiger partial charge in [0.25, 0.3) is 0 Å². The molecule has 1 heterocycles. The van der Waals surface area contributed by atoms with Crippen LogP contribution in [-0.4, -0.2) is 24.0 Å². The lowest BCUT2D eigenvalue weighted by Crippen LogP contribution is -2.21. The molecule has 1 aromatic carbocycles. The van der Waals surface area contributed by atoms with E-state index in [0.717, 1.165) is 12.3 Å². The van der Waals surface area contributed by atoms with Crippen LogP contribution in [0.3, 0.4) is 0 Å². The second-order valence-corrected chi connectivity index (χ2v) is 7.69. The van der Waals surface area contributed by atoms with Crippen molar-refractivity contribution in [3.8, 4) is 0 Å². The Morgan fingerprint density at radius 2 is 2.05 bits per heavy atom. The maximum absolute atomic E-state index is 6.05. The Labute approximate surface area is 134 Å². The third kappa shape index (κ3) is 5.32. The van der Waals surface area contributed by atoms with Gasteiger partial charge in [-0.15, -0.1) is 11.8 Å². The lowest BCUT2D eigenvalue weighted by Gasteiger charge is -2.19. The molecule has 2 rings (SSSR count). The van der Waals surface area contributed by atoms with Crippen molar-refractivity contribution in [3.63, 3.8) is 0 Å². The molecule has 1 N–H and O–H groups in total. The van der Waals surface area contributed by atoms with Crippen LogP contribution < -0.4 is 5.32 Å². The van der Waals surface area contributed by atoms with Gasteiger partial charge in [0.15, 0.2) is 0 Å². The molecule has 1 fully saturated rings. The van der Waals surface area contributed by atoms with Crippen molar-refractivity contribution in [1.82, 2.24) is 5.32 Å². The number of nitrogens with one attached hydrogen (secondary N) is 1. The summed E-state index contributed by atoms with van der Waals surface area (Å²) in [6, 6.07) is 9.40. The largest absolute Gasteiger partial charge is 0.371 e. The molecule has 0 bridgehead atoms. The van der Waals surface area contributed by atoms with E-state index in [1.165, 1.54) is 29.7 Å². The highest BCUT2D eigenvalue weighted by atomic mass is 32.2. The minimum Gasteiger partial charge on any atom is -0.371 e. The van der Waals surface area contributed by atoms with Crippen LogP contribution in [0.4, 0.5) is 0 Å². The van der Waals surface area contributed by atoms with Crippen LogP contribution in [0.25, 0.3) is 0 Å². The normalized spacial score (nSPS) is 22.4. The molecule has 2 unspecified atom stereocenters. The van der Waals surface area contributed by atoms with Crippen LogP contribution in [0.5, 0.6) is 0 Å². The van der Waals surface area contributed by atoms with Gasteiger partial charge in [-0.1, -0.05) is 19.1 Å². The third-order valence-corrected chi connectivity index (χ3v) is 5.21. The summed E-state index contributed by atoms with van der Waals surface area (Å²) in [5, 5.41) is 3.53. The molecule has 0 aliphatic carbocycles. The summed E-state index contributed by atoms with van der Waals surface area (Å²) in [4.78, 5) is 1.34. The van der Waals surface area contributed by atoms with E-state index >= 15 is 0 Å². The predicted molar refractivity (Wildman–Crippen MR) is 92.1 cm³/mol. The molecular formula is C18H29NOS. The van der Waals surface area contributed by atoms with E-state index in [1.807, 2.05) is 11.8 Å². The minimum atomic E-state index is 0.0788. The maximum atomic E-state index is 6.05. The summed E-state index contributed by atoms with van der Waals surface area (Å²) < 4.78 is 6.05. The molecule has 0 aromatic heterocycles. The van der Waals surface area contributed by atoms with Gasteiger partial charge < -0.3 is 10.1 Å². The standard InChI is InChI=1S/C18H29NOS/c1-5-12-19-14(2)15-6-8-17(9-7-15)21-13-16-10-11-18(3,4)20-16/h6-9,14,16,19H,5,10-13H2,1-4H3. The van der Waals surface area contributed by atoms with Crippen molar-refractivity contribution in [2.75, 3.05) is 12.3 Å². The second-order valence-electron chi connectivity index (χ2n) is 6.59. The summed E-state index contributed by atoms with van der Waals surface area (Å²) in [5.41, 5.74) is 1.45. The third-order valence-electron chi connectivity index (χ3n) is 4.07. The van der Waals surface area contributed by atoms with E-state index in [0.29, 0.717) is 12.1 Å². The highest BCUT2D eigenvalue weighted by Crippen LogP contribution is 2.32. The Morgan fingerprint density at radius 3 is 2.62 bits per heavy atom. The van der Waals surface area contributed by atoms with Crippen LogP contribution >= 0.6 is 11.8 Å². The first kappa shape index (κ1) is 16.9. The van der Waals surface area contributed by atoms with E-state index in [4.69, 9.17) is 4.74 Å². The van der Waals surface area contributed by atoms with E-state index in [-0.39, 0.29) is 5.60 Å². The summed E-state index contributed by atoms with van der Waals surface area (Å²) in [5.74, 6) is 1.06. The van der Waals surface area contributed by atoms with Crippen molar-refractivity contribution in [2.24, 2.45) is 0 Å². The molecule has 0 radical (unpaired) electrons. The Bertz CT molecular complexity index is 429. The van der Waals surface area contributed by atoms with E-state index in [2.05, 4.69) is 57.3 Å². The first-order valence-corrected chi connectivity index (χ1v) is 9.13. The minimum absolute atomic E-state index is 0.0788. The molecule has 1 aliphatic rings. The van der Waals surface area contributed by atoms with Gasteiger partial charge in [0.05, 0.1) is 11.7 Å². The van der Waals surface area contributed by atoms with E-state index < -0.39 is 0 Å². The number of benzene rings is 1. The fourth-order valence-electron chi connectivity index (χ4n) is 2.72. The summed E-state index contributed by atoms with van der Waals surface area (Å²) >= 11 is 1.91. The van der Waals surface area contributed by atoms with Crippen molar-refractivity contribution in [1.29, 1.82) is 0 Å².